The van der Waals surface area contributed by atoms with Gasteiger partial charge in [-0.15, -0.1) is 0 Å². The number of amides is 4. The third-order valence-electron chi connectivity index (χ3n) is 9.69. The number of hydrogen-bond donors (Lipinski definition) is 3. The van der Waals surface area contributed by atoms with Crippen LogP contribution in [0.5, 0.6) is 0 Å². The fourth-order valence-corrected chi connectivity index (χ4v) is 6.09. The van der Waals surface area contributed by atoms with Gasteiger partial charge in [-0.25, -0.2) is 4.79 Å². The number of hydroxylamine groups is 1. The smallest absolute Gasteiger partial charge is 0.357 e. The van der Waals surface area contributed by atoms with E-state index in [-0.39, 0.29) is 51.8 Å². The molecular weight excluding hydrogens is 764 g/mol. The molecule has 3 rings (SSSR count). The summed E-state index contributed by atoms with van der Waals surface area (Å²) < 4.78 is 31.2. The fraction of sp³-hybridized carbons (Fsp3) is 0.605. The predicted octanol–water partition coefficient (Wildman–Crippen LogP) is 2.49. The Labute approximate surface area is 348 Å². The highest BCUT2D eigenvalue weighted by Gasteiger charge is 2.57. The van der Waals surface area contributed by atoms with Crippen molar-refractivity contribution >= 4 is 29.6 Å². The minimum Gasteiger partial charge on any atom is -0.382 e. The van der Waals surface area contributed by atoms with Crippen molar-refractivity contribution in [2.75, 3.05) is 93.9 Å². The van der Waals surface area contributed by atoms with Crippen molar-refractivity contribution in [3.05, 3.63) is 71.3 Å². The van der Waals surface area contributed by atoms with Crippen LogP contribution < -0.4 is 16.1 Å². The molecule has 2 aromatic carbocycles. The number of nitrogens with zero attached hydrogens (tertiary/aromatic N) is 1. The van der Waals surface area contributed by atoms with Crippen molar-refractivity contribution in [3.8, 4) is 0 Å². The van der Waals surface area contributed by atoms with E-state index in [0.717, 1.165) is 31.2 Å². The summed E-state index contributed by atoms with van der Waals surface area (Å²) in [6.45, 7) is 2.72. The van der Waals surface area contributed by atoms with E-state index in [1.54, 1.807) is 14.2 Å². The van der Waals surface area contributed by atoms with E-state index in [1.807, 2.05) is 30.3 Å². The van der Waals surface area contributed by atoms with Gasteiger partial charge < -0.3 is 48.8 Å². The van der Waals surface area contributed by atoms with Gasteiger partial charge in [0, 0.05) is 27.8 Å². The number of rotatable bonds is 32. The molecule has 16 heteroatoms. The first-order valence-corrected chi connectivity index (χ1v) is 20.4. The van der Waals surface area contributed by atoms with Gasteiger partial charge in [0.25, 0.3) is 5.91 Å². The molecule has 2 aromatic rings. The van der Waals surface area contributed by atoms with Crippen LogP contribution in [0.1, 0.15) is 61.6 Å². The zero-order chi connectivity index (χ0) is 42.6. The van der Waals surface area contributed by atoms with E-state index in [2.05, 4.69) is 40.4 Å². The van der Waals surface area contributed by atoms with Crippen molar-refractivity contribution < 1.29 is 57.2 Å². The quantitative estimate of drug-likeness (QED) is 0.0724. The van der Waals surface area contributed by atoms with E-state index in [4.69, 9.17) is 33.3 Å². The summed E-state index contributed by atoms with van der Waals surface area (Å²) in [7, 11) is 4.64. The molecule has 0 radical (unpaired) electrons. The summed E-state index contributed by atoms with van der Waals surface area (Å²) >= 11 is 0. The third kappa shape index (κ3) is 19.9. The highest BCUT2D eigenvalue weighted by molar-refractivity contribution is 5.94. The molecule has 0 saturated heterocycles. The second kappa shape index (κ2) is 28.9. The van der Waals surface area contributed by atoms with Gasteiger partial charge in [-0.2, -0.15) is 5.48 Å². The van der Waals surface area contributed by atoms with Crippen LogP contribution in [-0.2, 0) is 76.5 Å². The Morgan fingerprint density at radius 1 is 0.644 bits per heavy atom. The molecule has 1 saturated carbocycles. The lowest BCUT2D eigenvalue weighted by atomic mass is 10.0. The lowest BCUT2D eigenvalue weighted by Crippen LogP contribution is -2.55. The molecule has 16 nitrogen and oxygen atoms in total. The lowest BCUT2D eigenvalue weighted by Gasteiger charge is -2.30. The van der Waals surface area contributed by atoms with Crippen molar-refractivity contribution in [3.63, 3.8) is 0 Å². The van der Waals surface area contributed by atoms with Gasteiger partial charge in [0.05, 0.1) is 59.3 Å². The minimum atomic E-state index is -1.28. The molecule has 328 valence electrons. The van der Waals surface area contributed by atoms with Crippen LogP contribution in [0.25, 0.3) is 0 Å². The van der Waals surface area contributed by atoms with Gasteiger partial charge >= 0.3 is 5.97 Å². The first kappa shape index (κ1) is 48.9. The fourth-order valence-electron chi connectivity index (χ4n) is 6.09. The number of ether oxygens (including phenoxy) is 6. The van der Waals surface area contributed by atoms with E-state index < -0.39 is 35.3 Å². The van der Waals surface area contributed by atoms with Gasteiger partial charge in [0.1, 0.15) is 24.8 Å². The molecule has 59 heavy (non-hydrogen) atoms. The van der Waals surface area contributed by atoms with Gasteiger partial charge in [-0.1, -0.05) is 54.6 Å². The van der Waals surface area contributed by atoms with Crippen molar-refractivity contribution in [2.24, 2.45) is 0 Å². The zero-order valence-corrected chi connectivity index (χ0v) is 35.0. The first-order chi connectivity index (χ1) is 28.7. The van der Waals surface area contributed by atoms with Crippen LogP contribution in [0, 0.1) is 0 Å². The number of methoxy groups -OCH3 is 2. The van der Waals surface area contributed by atoms with E-state index in [0.29, 0.717) is 65.3 Å². The van der Waals surface area contributed by atoms with E-state index in [1.165, 1.54) is 23.1 Å². The molecule has 0 bridgehead atoms. The van der Waals surface area contributed by atoms with Crippen molar-refractivity contribution in [1.29, 1.82) is 0 Å². The van der Waals surface area contributed by atoms with Crippen molar-refractivity contribution in [2.45, 2.75) is 75.8 Å². The largest absolute Gasteiger partial charge is 0.382 e. The molecule has 0 aromatic heterocycles. The molecule has 0 spiro atoms. The first-order valence-electron chi connectivity index (χ1n) is 20.4. The van der Waals surface area contributed by atoms with Gasteiger partial charge in [-0.05, 0) is 74.5 Å². The van der Waals surface area contributed by atoms with Crippen LogP contribution in [0.3, 0.4) is 0 Å². The summed E-state index contributed by atoms with van der Waals surface area (Å²) in [4.78, 5) is 71.4. The summed E-state index contributed by atoms with van der Waals surface area (Å²) in [6.07, 6.45) is 6.01. The molecule has 1 aliphatic carbocycles. The number of benzene rings is 2. The molecule has 1 aliphatic rings. The second-order valence-electron chi connectivity index (χ2n) is 14.3. The molecule has 4 amide bonds. The van der Waals surface area contributed by atoms with Crippen LogP contribution in [0.2, 0.25) is 0 Å². The van der Waals surface area contributed by atoms with Crippen LogP contribution in [0.4, 0.5) is 0 Å². The van der Waals surface area contributed by atoms with Gasteiger partial charge in [-0.3, -0.25) is 19.2 Å². The Bertz CT molecular complexity index is 1520. The van der Waals surface area contributed by atoms with Crippen LogP contribution in [0.15, 0.2) is 54.6 Å². The van der Waals surface area contributed by atoms with Gasteiger partial charge in [0.2, 0.25) is 17.7 Å². The maximum atomic E-state index is 13.8. The maximum absolute atomic E-state index is 13.8. The predicted molar refractivity (Wildman–Crippen MR) is 218 cm³/mol. The normalized spacial score (nSPS) is 13.3. The number of carbonyl (C=O) groups excluding carboxylic acids is 5. The zero-order valence-electron chi connectivity index (χ0n) is 35.0. The van der Waals surface area contributed by atoms with E-state index >= 15 is 0 Å². The van der Waals surface area contributed by atoms with Crippen LogP contribution >= 0.6 is 0 Å². The number of hydrogen-bond acceptors (Lipinski definition) is 12. The standard InChI is InChI=1S/C43H64N4O12/c1-47(43(20-21-43)42(52)59-46-38(48)31-36-18-16-35(17-19-36)14-8-7-13-34-11-5-4-6-12-34)41(51)37(45-40(50)33-58-30-28-56-26-24-54-3)15-9-10-22-44-39(49)32-57-29-27-55-25-23-53-2/h4-6,11-12,16-19,37H,7-10,13-15,20-33H2,1-3H3,(H,44,49)(H,45,50)(H,46,48)/t37-/m0/s1. The Morgan fingerprint density at radius 3 is 1.78 bits per heavy atom. The average Bonchev–Trinajstić information content (AvgIpc) is 4.06. The van der Waals surface area contributed by atoms with Gasteiger partial charge in [0.15, 0.2) is 0 Å². The number of aryl methyl sites for hydroxylation is 2. The molecule has 1 atom stereocenters. The highest BCUT2D eigenvalue weighted by atomic mass is 16.7. The molecule has 0 aliphatic heterocycles. The topological polar surface area (TPSA) is 189 Å². The number of likely N-dealkylation sites (N-methyl/N-ethyl adjacent to an activating group) is 1. The molecule has 0 unspecified atom stereocenters. The molecular formula is C43H64N4O12. The molecule has 0 heterocycles. The summed E-state index contributed by atoms with van der Waals surface area (Å²) in [5, 5.41) is 5.51. The highest BCUT2D eigenvalue weighted by Crippen LogP contribution is 2.42. The SMILES string of the molecule is COCCOCCOCC(=O)NCCCC[C@H](NC(=O)COCCOCCOC)C(=O)N(C)C1(C(=O)ONC(=O)Cc2ccc(CCCCc3ccccc3)cc2)CC1. The summed E-state index contributed by atoms with van der Waals surface area (Å²) in [5.74, 6) is -2.56. The average molecular weight is 829 g/mol. The maximum Gasteiger partial charge on any atom is 0.357 e. The number of carbonyl (C=O) groups is 5. The van der Waals surface area contributed by atoms with Crippen molar-refractivity contribution in [1.82, 2.24) is 21.0 Å². The minimum absolute atomic E-state index is 0.0105. The molecule has 3 N–H and O–H groups in total. The Morgan fingerprint density at radius 2 is 1.19 bits per heavy atom. The third-order valence-corrected chi connectivity index (χ3v) is 9.69. The van der Waals surface area contributed by atoms with Crippen LogP contribution in [-0.4, -0.2) is 140 Å². The summed E-state index contributed by atoms with van der Waals surface area (Å²) in [6, 6.07) is 17.2. The number of unbranched alkanes of at least 4 members (excludes halogenated alkanes) is 2. The monoisotopic (exact) mass is 828 g/mol. The number of nitrogens with one attached hydrogen (secondary N) is 3. The summed E-state index contributed by atoms with van der Waals surface area (Å²) in [5.41, 5.74) is 4.25. The Kier molecular flexibility index (Phi) is 23.9. The lowest BCUT2D eigenvalue weighted by molar-refractivity contribution is -0.167. The Balaban J connectivity index is 1.44. The Hall–Kier alpha value is -4.45. The molecule has 1 fully saturated rings. The second-order valence-corrected chi connectivity index (χ2v) is 14.3. The van der Waals surface area contributed by atoms with E-state index in [9.17, 15) is 24.0 Å².